The molecule has 1 aliphatic heterocycles. The van der Waals surface area contributed by atoms with Crippen molar-refractivity contribution < 1.29 is 8.42 Å². The van der Waals surface area contributed by atoms with Crippen LogP contribution in [0.25, 0.3) is 0 Å². The fourth-order valence-corrected chi connectivity index (χ4v) is 2.76. The first kappa shape index (κ1) is 11.4. The molecule has 0 spiro atoms. The van der Waals surface area contributed by atoms with Crippen LogP contribution in [0.1, 0.15) is 11.1 Å². The average molecular weight is 240 g/mol. The number of nitrogens with zero attached hydrogens (tertiary/aromatic N) is 1. The Hall–Kier alpha value is -1.07. The fourth-order valence-electron chi connectivity index (χ4n) is 1.97. The lowest BCUT2D eigenvalue weighted by atomic mass is 10.0. The van der Waals surface area contributed by atoms with Crippen LogP contribution in [-0.2, 0) is 23.0 Å². The van der Waals surface area contributed by atoms with Gasteiger partial charge < -0.3 is 5.32 Å². The van der Waals surface area contributed by atoms with Crippen LogP contribution in [0, 0.1) is 0 Å². The van der Waals surface area contributed by atoms with E-state index in [1.807, 2.05) is 19.2 Å². The van der Waals surface area contributed by atoms with E-state index in [1.54, 1.807) is 0 Å². The average Bonchev–Trinajstić information content (AvgIpc) is 2.26. The van der Waals surface area contributed by atoms with Crippen molar-refractivity contribution in [2.45, 2.75) is 13.0 Å². The number of hydrogen-bond donors (Lipinski definition) is 1. The third kappa shape index (κ3) is 2.20. The first-order valence-corrected chi connectivity index (χ1v) is 7.10. The summed E-state index contributed by atoms with van der Waals surface area (Å²) in [6.45, 7) is 1.08. The van der Waals surface area contributed by atoms with Gasteiger partial charge in [0.05, 0.1) is 6.26 Å². The maximum Gasteiger partial charge on any atom is 0.211 e. The van der Waals surface area contributed by atoms with Crippen LogP contribution < -0.4 is 5.32 Å². The van der Waals surface area contributed by atoms with Crippen molar-refractivity contribution in [2.75, 3.05) is 25.2 Å². The van der Waals surface area contributed by atoms with E-state index in [2.05, 4.69) is 11.4 Å². The fraction of sp³-hybridized carbons (Fsp3) is 0.455. The Labute approximate surface area is 96.3 Å². The van der Waals surface area contributed by atoms with Crippen LogP contribution in [-0.4, -0.2) is 32.6 Å². The highest BCUT2D eigenvalue weighted by Gasteiger charge is 2.22. The lowest BCUT2D eigenvalue weighted by Crippen LogP contribution is -2.35. The lowest BCUT2D eigenvalue weighted by Gasteiger charge is -2.27. The van der Waals surface area contributed by atoms with Crippen LogP contribution in [0.5, 0.6) is 0 Å². The Kier molecular flexibility index (Phi) is 2.90. The molecule has 0 saturated carbocycles. The molecule has 0 atom stereocenters. The molecule has 0 aromatic heterocycles. The smallest absolute Gasteiger partial charge is 0.211 e. The standard InChI is InChI=1S/C11H16N2O2S/c1-12-11-4-3-10-8-13(16(2,14)15)6-5-9(10)7-11/h3-4,7,12H,5-6,8H2,1-2H3. The second kappa shape index (κ2) is 4.07. The van der Waals surface area contributed by atoms with Gasteiger partial charge in [-0.05, 0) is 29.7 Å². The van der Waals surface area contributed by atoms with Gasteiger partial charge in [-0.2, -0.15) is 4.31 Å². The number of nitrogens with one attached hydrogen (secondary N) is 1. The molecule has 1 N–H and O–H groups in total. The molecule has 16 heavy (non-hydrogen) atoms. The summed E-state index contributed by atoms with van der Waals surface area (Å²) in [5, 5.41) is 3.09. The van der Waals surface area contributed by atoms with E-state index >= 15 is 0 Å². The molecule has 1 heterocycles. The van der Waals surface area contributed by atoms with Gasteiger partial charge >= 0.3 is 0 Å². The van der Waals surface area contributed by atoms with Crippen LogP contribution in [0.2, 0.25) is 0 Å². The molecule has 1 aromatic carbocycles. The van der Waals surface area contributed by atoms with Gasteiger partial charge in [-0.15, -0.1) is 0 Å². The number of anilines is 1. The maximum atomic E-state index is 11.4. The normalized spacial score (nSPS) is 16.9. The molecule has 88 valence electrons. The summed E-state index contributed by atoms with van der Waals surface area (Å²) in [6.07, 6.45) is 2.05. The highest BCUT2D eigenvalue weighted by molar-refractivity contribution is 7.88. The third-order valence-corrected chi connectivity index (χ3v) is 4.19. The summed E-state index contributed by atoms with van der Waals surface area (Å²) in [4.78, 5) is 0. The zero-order chi connectivity index (χ0) is 11.8. The second-order valence-electron chi connectivity index (χ2n) is 4.08. The molecule has 0 aliphatic carbocycles. The van der Waals surface area contributed by atoms with Crippen molar-refractivity contribution in [1.82, 2.24) is 4.31 Å². The molecule has 1 aliphatic rings. The van der Waals surface area contributed by atoms with E-state index in [1.165, 1.54) is 16.1 Å². The molecule has 0 saturated heterocycles. The Morgan fingerprint density at radius 2 is 2.06 bits per heavy atom. The Morgan fingerprint density at radius 1 is 1.31 bits per heavy atom. The van der Waals surface area contributed by atoms with Crippen molar-refractivity contribution >= 4 is 15.7 Å². The molecule has 5 heteroatoms. The van der Waals surface area contributed by atoms with Gasteiger partial charge in [-0.3, -0.25) is 0 Å². The van der Waals surface area contributed by atoms with Gasteiger partial charge in [-0.1, -0.05) is 6.07 Å². The Balaban J connectivity index is 2.29. The predicted molar refractivity (Wildman–Crippen MR) is 64.9 cm³/mol. The van der Waals surface area contributed by atoms with Crippen LogP contribution >= 0.6 is 0 Å². The van der Waals surface area contributed by atoms with Crippen molar-refractivity contribution in [2.24, 2.45) is 0 Å². The van der Waals surface area contributed by atoms with Gasteiger partial charge in [0.25, 0.3) is 0 Å². The highest BCUT2D eigenvalue weighted by Crippen LogP contribution is 2.23. The monoisotopic (exact) mass is 240 g/mol. The summed E-state index contributed by atoms with van der Waals surface area (Å²) >= 11 is 0. The van der Waals surface area contributed by atoms with Crippen LogP contribution in [0.15, 0.2) is 18.2 Å². The molecular formula is C11H16N2O2S. The van der Waals surface area contributed by atoms with Crippen molar-refractivity contribution in [3.05, 3.63) is 29.3 Å². The summed E-state index contributed by atoms with van der Waals surface area (Å²) in [6, 6.07) is 6.07. The SMILES string of the molecule is CNc1ccc2c(c1)CCN(S(C)(=O)=O)C2. The summed E-state index contributed by atoms with van der Waals surface area (Å²) in [5.41, 5.74) is 3.42. The van der Waals surface area contributed by atoms with E-state index in [-0.39, 0.29) is 0 Å². The number of rotatable bonds is 2. The maximum absolute atomic E-state index is 11.4. The number of hydrogen-bond acceptors (Lipinski definition) is 3. The van der Waals surface area contributed by atoms with Crippen LogP contribution in [0.3, 0.4) is 0 Å². The largest absolute Gasteiger partial charge is 0.388 e. The zero-order valence-electron chi connectivity index (χ0n) is 9.53. The molecule has 4 nitrogen and oxygen atoms in total. The number of sulfonamides is 1. The summed E-state index contributed by atoms with van der Waals surface area (Å²) < 4.78 is 24.4. The second-order valence-corrected chi connectivity index (χ2v) is 6.06. The van der Waals surface area contributed by atoms with Gasteiger partial charge in [0, 0.05) is 25.8 Å². The van der Waals surface area contributed by atoms with Gasteiger partial charge in [0.2, 0.25) is 10.0 Å². The molecule has 0 unspecified atom stereocenters. The zero-order valence-corrected chi connectivity index (χ0v) is 10.3. The third-order valence-electron chi connectivity index (χ3n) is 2.94. The van der Waals surface area contributed by atoms with E-state index in [9.17, 15) is 8.42 Å². The summed E-state index contributed by atoms with van der Waals surface area (Å²) in [5.74, 6) is 0. The number of fused-ring (bicyclic) bond motifs is 1. The predicted octanol–water partition coefficient (Wildman–Crippen LogP) is 1.05. The number of benzene rings is 1. The molecule has 0 fully saturated rings. The minimum Gasteiger partial charge on any atom is -0.388 e. The molecule has 2 rings (SSSR count). The van der Waals surface area contributed by atoms with Gasteiger partial charge in [0.15, 0.2) is 0 Å². The van der Waals surface area contributed by atoms with E-state index in [0.717, 1.165) is 17.7 Å². The lowest BCUT2D eigenvalue weighted by molar-refractivity contribution is 0.395. The first-order chi connectivity index (χ1) is 7.50. The van der Waals surface area contributed by atoms with Crippen molar-refractivity contribution in [3.8, 4) is 0 Å². The Morgan fingerprint density at radius 3 is 2.69 bits per heavy atom. The van der Waals surface area contributed by atoms with Gasteiger partial charge in [0.1, 0.15) is 0 Å². The highest BCUT2D eigenvalue weighted by atomic mass is 32.2. The van der Waals surface area contributed by atoms with Gasteiger partial charge in [-0.25, -0.2) is 8.42 Å². The minimum atomic E-state index is -3.07. The first-order valence-electron chi connectivity index (χ1n) is 5.25. The molecule has 0 bridgehead atoms. The molecule has 0 amide bonds. The molecular weight excluding hydrogens is 224 g/mol. The molecule has 1 aromatic rings. The molecule has 0 radical (unpaired) electrons. The van der Waals surface area contributed by atoms with Crippen molar-refractivity contribution in [3.63, 3.8) is 0 Å². The van der Waals surface area contributed by atoms with E-state index < -0.39 is 10.0 Å². The Bertz CT molecular complexity index is 497. The quantitative estimate of drug-likeness (QED) is 0.840. The topological polar surface area (TPSA) is 49.4 Å². The van der Waals surface area contributed by atoms with E-state index in [4.69, 9.17) is 0 Å². The van der Waals surface area contributed by atoms with Crippen LogP contribution in [0.4, 0.5) is 5.69 Å². The minimum absolute atomic E-state index is 0.498. The van der Waals surface area contributed by atoms with Crippen molar-refractivity contribution in [1.29, 1.82) is 0 Å². The summed E-state index contributed by atoms with van der Waals surface area (Å²) in [7, 11) is -1.18. The van der Waals surface area contributed by atoms with E-state index in [0.29, 0.717) is 13.1 Å².